The van der Waals surface area contributed by atoms with Gasteiger partial charge in [-0.25, -0.2) is 0 Å². The van der Waals surface area contributed by atoms with E-state index in [0.717, 1.165) is 31.7 Å². The second-order valence-electron chi connectivity index (χ2n) is 4.41. The van der Waals surface area contributed by atoms with Gasteiger partial charge in [0.05, 0.1) is 18.2 Å². The standard InChI is InChI=1S/C15H22N2O2/c1-2-3-7-17(8-10-18)9-11-19-15-6-4-5-14(12-15)13-16/h4-6,12,18H,2-3,7-11H2,1H3. The maximum atomic E-state index is 9.00. The zero-order chi connectivity index (χ0) is 13.9. The maximum absolute atomic E-state index is 9.00. The lowest BCUT2D eigenvalue weighted by Crippen LogP contribution is -2.32. The molecule has 0 spiro atoms. The highest BCUT2D eigenvalue weighted by Crippen LogP contribution is 2.12. The fourth-order valence-corrected chi connectivity index (χ4v) is 1.81. The van der Waals surface area contributed by atoms with Crippen LogP contribution < -0.4 is 4.74 Å². The van der Waals surface area contributed by atoms with Crippen LogP contribution in [0.5, 0.6) is 5.75 Å². The molecule has 0 fully saturated rings. The van der Waals surface area contributed by atoms with Crippen LogP contribution in [0.25, 0.3) is 0 Å². The second kappa shape index (κ2) is 9.37. The molecule has 0 saturated heterocycles. The van der Waals surface area contributed by atoms with E-state index in [0.29, 0.717) is 18.7 Å². The minimum Gasteiger partial charge on any atom is -0.492 e. The van der Waals surface area contributed by atoms with Crippen LogP contribution in [0.2, 0.25) is 0 Å². The predicted octanol–water partition coefficient (Wildman–Crippen LogP) is 2.03. The molecule has 0 aliphatic carbocycles. The molecule has 1 rings (SSSR count). The summed E-state index contributed by atoms with van der Waals surface area (Å²) in [5, 5.41) is 17.8. The number of hydrogen-bond donors (Lipinski definition) is 1. The average Bonchev–Trinajstić information content (AvgIpc) is 2.45. The van der Waals surface area contributed by atoms with Crippen molar-refractivity contribution in [3.8, 4) is 11.8 Å². The number of nitriles is 1. The zero-order valence-electron chi connectivity index (χ0n) is 11.5. The molecule has 4 nitrogen and oxygen atoms in total. The Bertz CT molecular complexity index is 401. The third-order valence-electron chi connectivity index (χ3n) is 2.88. The van der Waals surface area contributed by atoms with E-state index in [4.69, 9.17) is 15.1 Å². The quantitative estimate of drug-likeness (QED) is 0.740. The molecule has 0 atom stereocenters. The molecule has 104 valence electrons. The number of aliphatic hydroxyl groups excluding tert-OH is 1. The first-order valence-corrected chi connectivity index (χ1v) is 6.76. The molecule has 0 saturated carbocycles. The summed E-state index contributed by atoms with van der Waals surface area (Å²) in [6, 6.07) is 9.25. The van der Waals surface area contributed by atoms with Crippen LogP contribution in [0.1, 0.15) is 25.3 Å². The van der Waals surface area contributed by atoms with E-state index in [1.165, 1.54) is 0 Å². The number of aliphatic hydroxyl groups is 1. The lowest BCUT2D eigenvalue weighted by atomic mass is 10.2. The normalized spacial score (nSPS) is 10.4. The highest BCUT2D eigenvalue weighted by molar-refractivity contribution is 5.36. The topological polar surface area (TPSA) is 56.5 Å². The van der Waals surface area contributed by atoms with Gasteiger partial charge >= 0.3 is 0 Å². The molecule has 0 aromatic heterocycles. The van der Waals surface area contributed by atoms with Crippen LogP contribution in [0.15, 0.2) is 24.3 Å². The molecule has 0 bridgehead atoms. The summed E-state index contributed by atoms with van der Waals surface area (Å²) in [6.07, 6.45) is 2.27. The summed E-state index contributed by atoms with van der Waals surface area (Å²) in [5.41, 5.74) is 0.607. The summed E-state index contributed by atoms with van der Waals surface area (Å²) in [7, 11) is 0. The molecule has 0 heterocycles. The highest BCUT2D eigenvalue weighted by atomic mass is 16.5. The Kier molecular flexibility index (Phi) is 7.64. The van der Waals surface area contributed by atoms with Crippen molar-refractivity contribution in [2.45, 2.75) is 19.8 Å². The van der Waals surface area contributed by atoms with E-state index in [2.05, 4.69) is 17.9 Å². The van der Waals surface area contributed by atoms with Crippen molar-refractivity contribution in [2.24, 2.45) is 0 Å². The minimum absolute atomic E-state index is 0.174. The largest absolute Gasteiger partial charge is 0.492 e. The van der Waals surface area contributed by atoms with Crippen LogP contribution in [0.4, 0.5) is 0 Å². The van der Waals surface area contributed by atoms with Gasteiger partial charge in [-0.1, -0.05) is 19.4 Å². The molecule has 4 heteroatoms. The lowest BCUT2D eigenvalue weighted by molar-refractivity contribution is 0.167. The van der Waals surface area contributed by atoms with Crippen LogP contribution in [0, 0.1) is 11.3 Å². The Labute approximate surface area is 115 Å². The summed E-state index contributed by atoms with van der Waals surface area (Å²) in [5.74, 6) is 0.721. The summed E-state index contributed by atoms with van der Waals surface area (Å²) < 4.78 is 5.63. The Morgan fingerprint density at radius 1 is 1.32 bits per heavy atom. The fraction of sp³-hybridized carbons (Fsp3) is 0.533. The van der Waals surface area contributed by atoms with Gasteiger partial charge in [0.2, 0.25) is 0 Å². The minimum atomic E-state index is 0.174. The van der Waals surface area contributed by atoms with Crippen LogP contribution in [-0.4, -0.2) is 42.9 Å². The van der Waals surface area contributed by atoms with Crippen molar-refractivity contribution < 1.29 is 9.84 Å². The van der Waals surface area contributed by atoms with Crippen molar-refractivity contribution in [2.75, 3.05) is 32.8 Å². The Balaban J connectivity index is 2.36. The van der Waals surface area contributed by atoms with Gasteiger partial charge in [-0.05, 0) is 31.2 Å². The van der Waals surface area contributed by atoms with Gasteiger partial charge in [-0.15, -0.1) is 0 Å². The number of ether oxygens (including phenoxy) is 1. The number of hydrogen-bond acceptors (Lipinski definition) is 4. The first-order chi connectivity index (χ1) is 9.30. The molecular weight excluding hydrogens is 240 g/mol. The molecule has 1 aromatic carbocycles. The van der Waals surface area contributed by atoms with Gasteiger partial charge < -0.3 is 9.84 Å². The highest BCUT2D eigenvalue weighted by Gasteiger charge is 2.04. The van der Waals surface area contributed by atoms with Crippen LogP contribution >= 0.6 is 0 Å². The third-order valence-corrected chi connectivity index (χ3v) is 2.88. The van der Waals surface area contributed by atoms with E-state index < -0.39 is 0 Å². The molecule has 1 aromatic rings. The Hall–Kier alpha value is -1.57. The molecule has 0 aliphatic heterocycles. The van der Waals surface area contributed by atoms with Crippen molar-refractivity contribution in [3.63, 3.8) is 0 Å². The molecule has 0 unspecified atom stereocenters. The van der Waals surface area contributed by atoms with Crippen molar-refractivity contribution in [1.82, 2.24) is 4.90 Å². The number of benzene rings is 1. The first-order valence-electron chi connectivity index (χ1n) is 6.76. The van der Waals surface area contributed by atoms with Gasteiger partial charge in [-0.2, -0.15) is 5.26 Å². The second-order valence-corrected chi connectivity index (χ2v) is 4.41. The smallest absolute Gasteiger partial charge is 0.120 e. The number of nitrogens with zero attached hydrogens (tertiary/aromatic N) is 2. The lowest BCUT2D eigenvalue weighted by Gasteiger charge is -2.21. The molecule has 0 aliphatic rings. The molecular formula is C15H22N2O2. The number of unbranched alkanes of at least 4 members (excludes halogenated alkanes) is 1. The van der Waals surface area contributed by atoms with E-state index in [1.807, 2.05) is 12.1 Å². The fourth-order valence-electron chi connectivity index (χ4n) is 1.81. The first kappa shape index (κ1) is 15.5. The molecule has 19 heavy (non-hydrogen) atoms. The third kappa shape index (κ3) is 6.23. The van der Waals surface area contributed by atoms with E-state index in [9.17, 15) is 0 Å². The van der Waals surface area contributed by atoms with Gasteiger partial charge in [0, 0.05) is 13.1 Å². The zero-order valence-corrected chi connectivity index (χ0v) is 11.5. The predicted molar refractivity (Wildman–Crippen MR) is 75.1 cm³/mol. The van der Waals surface area contributed by atoms with Crippen LogP contribution in [0.3, 0.4) is 0 Å². The maximum Gasteiger partial charge on any atom is 0.120 e. The van der Waals surface area contributed by atoms with Crippen molar-refractivity contribution in [3.05, 3.63) is 29.8 Å². The van der Waals surface area contributed by atoms with E-state index in [1.54, 1.807) is 12.1 Å². The molecule has 0 radical (unpaired) electrons. The average molecular weight is 262 g/mol. The van der Waals surface area contributed by atoms with Gasteiger partial charge in [0.25, 0.3) is 0 Å². The SMILES string of the molecule is CCCCN(CCO)CCOc1cccc(C#N)c1. The van der Waals surface area contributed by atoms with Gasteiger partial charge in [0.1, 0.15) is 12.4 Å². The summed E-state index contributed by atoms with van der Waals surface area (Å²) in [4.78, 5) is 2.19. The van der Waals surface area contributed by atoms with E-state index in [-0.39, 0.29) is 6.61 Å². The van der Waals surface area contributed by atoms with Gasteiger partial charge in [-0.3, -0.25) is 4.90 Å². The summed E-state index contributed by atoms with van der Waals surface area (Å²) in [6.45, 7) is 5.35. The Morgan fingerprint density at radius 2 is 2.16 bits per heavy atom. The van der Waals surface area contributed by atoms with Crippen LogP contribution in [-0.2, 0) is 0 Å². The van der Waals surface area contributed by atoms with E-state index >= 15 is 0 Å². The Morgan fingerprint density at radius 3 is 2.84 bits per heavy atom. The number of rotatable bonds is 9. The summed E-state index contributed by atoms with van der Waals surface area (Å²) >= 11 is 0. The van der Waals surface area contributed by atoms with Crippen molar-refractivity contribution in [1.29, 1.82) is 5.26 Å². The van der Waals surface area contributed by atoms with Crippen molar-refractivity contribution >= 4 is 0 Å². The molecule has 0 amide bonds. The molecule has 1 N–H and O–H groups in total. The monoisotopic (exact) mass is 262 g/mol. The van der Waals surface area contributed by atoms with Gasteiger partial charge in [0.15, 0.2) is 0 Å².